The molecular formula is C22H21FN2O2. The third-order valence-electron chi connectivity index (χ3n) is 4.52. The zero-order chi connectivity index (χ0) is 19.6. The average Bonchev–Trinajstić information content (AvgIpc) is 2.67. The van der Waals surface area contributed by atoms with E-state index in [-0.39, 0.29) is 24.2 Å². The molecule has 0 saturated heterocycles. The highest BCUT2D eigenvalue weighted by atomic mass is 19.1. The van der Waals surface area contributed by atoms with E-state index in [0.717, 1.165) is 16.3 Å². The summed E-state index contributed by atoms with van der Waals surface area (Å²) in [7, 11) is 3.27. The fraction of sp³-hybridized carbons (Fsp3) is 0.182. The maximum Gasteiger partial charge on any atom is 0.251 e. The number of hydrogen-bond donors (Lipinski definition) is 1. The summed E-state index contributed by atoms with van der Waals surface area (Å²) in [5, 5.41) is 4.31. The highest BCUT2D eigenvalue weighted by molar-refractivity contribution is 6.03. The van der Waals surface area contributed by atoms with Crippen molar-refractivity contribution in [2.75, 3.05) is 20.6 Å². The molecule has 3 aromatic carbocycles. The Hall–Kier alpha value is -3.21. The highest BCUT2D eigenvalue weighted by Crippen LogP contribution is 2.32. The topological polar surface area (TPSA) is 49.4 Å². The molecule has 138 valence electrons. The molecule has 0 aliphatic rings. The largest absolute Gasteiger partial charge is 0.347 e. The van der Waals surface area contributed by atoms with Crippen LogP contribution in [-0.4, -0.2) is 37.4 Å². The second kappa shape index (κ2) is 7.58. The summed E-state index contributed by atoms with van der Waals surface area (Å²) in [5.74, 6) is -0.741. The summed E-state index contributed by atoms with van der Waals surface area (Å²) in [4.78, 5) is 25.4. The Bertz CT molecular complexity index is 1030. The first-order valence-electron chi connectivity index (χ1n) is 8.65. The third kappa shape index (κ3) is 3.82. The maximum absolute atomic E-state index is 14.6. The number of nitrogens with zero attached hydrogens (tertiary/aromatic N) is 1. The number of halogens is 1. The number of benzene rings is 3. The molecule has 0 aromatic heterocycles. The van der Waals surface area contributed by atoms with Crippen LogP contribution in [0.15, 0.2) is 54.6 Å². The van der Waals surface area contributed by atoms with Crippen molar-refractivity contribution in [3.05, 3.63) is 71.5 Å². The lowest BCUT2D eigenvalue weighted by Crippen LogP contribution is -2.36. The summed E-state index contributed by atoms with van der Waals surface area (Å²) in [5.41, 5.74) is 2.36. The Morgan fingerprint density at radius 2 is 1.70 bits per heavy atom. The van der Waals surface area contributed by atoms with Gasteiger partial charge in [-0.05, 0) is 41.0 Å². The first-order valence-corrected chi connectivity index (χ1v) is 8.65. The van der Waals surface area contributed by atoms with Crippen LogP contribution in [-0.2, 0) is 4.79 Å². The third-order valence-corrected chi connectivity index (χ3v) is 4.52. The molecule has 0 aliphatic carbocycles. The average molecular weight is 364 g/mol. The fourth-order valence-electron chi connectivity index (χ4n) is 2.93. The molecule has 1 N–H and O–H groups in total. The Labute approximate surface area is 157 Å². The smallest absolute Gasteiger partial charge is 0.251 e. The van der Waals surface area contributed by atoms with E-state index in [2.05, 4.69) is 5.32 Å². The van der Waals surface area contributed by atoms with E-state index >= 15 is 0 Å². The molecule has 5 heteroatoms. The number of nitrogens with one attached hydrogen (secondary N) is 1. The maximum atomic E-state index is 14.6. The van der Waals surface area contributed by atoms with Gasteiger partial charge in [-0.15, -0.1) is 0 Å². The van der Waals surface area contributed by atoms with Gasteiger partial charge in [0.15, 0.2) is 0 Å². The molecule has 3 rings (SSSR count). The van der Waals surface area contributed by atoms with Gasteiger partial charge in [-0.25, -0.2) is 4.39 Å². The lowest BCUT2D eigenvalue weighted by molar-refractivity contribution is -0.127. The van der Waals surface area contributed by atoms with Gasteiger partial charge >= 0.3 is 0 Å². The second-order valence-electron chi connectivity index (χ2n) is 6.65. The zero-order valence-electron chi connectivity index (χ0n) is 15.5. The molecule has 0 saturated carbocycles. The quantitative estimate of drug-likeness (QED) is 0.766. The summed E-state index contributed by atoms with van der Waals surface area (Å²) >= 11 is 0. The van der Waals surface area contributed by atoms with Gasteiger partial charge in [0.25, 0.3) is 5.91 Å². The van der Waals surface area contributed by atoms with E-state index in [9.17, 15) is 14.0 Å². The number of hydrogen-bond acceptors (Lipinski definition) is 2. The van der Waals surface area contributed by atoms with E-state index < -0.39 is 0 Å². The summed E-state index contributed by atoms with van der Waals surface area (Å²) in [6.07, 6.45) is 0. The van der Waals surface area contributed by atoms with Crippen LogP contribution in [0.1, 0.15) is 15.9 Å². The van der Waals surface area contributed by atoms with Crippen LogP contribution < -0.4 is 5.32 Å². The van der Waals surface area contributed by atoms with Gasteiger partial charge in [0, 0.05) is 25.2 Å². The summed E-state index contributed by atoms with van der Waals surface area (Å²) in [6.45, 7) is 1.68. The Kier molecular flexibility index (Phi) is 5.21. The molecular weight excluding hydrogens is 343 g/mol. The summed E-state index contributed by atoms with van der Waals surface area (Å²) in [6, 6.07) is 16.2. The van der Waals surface area contributed by atoms with Gasteiger partial charge in [0.1, 0.15) is 5.82 Å². The minimum Gasteiger partial charge on any atom is -0.347 e. The van der Waals surface area contributed by atoms with Crippen LogP contribution >= 0.6 is 0 Å². The molecule has 3 aromatic rings. The van der Waals surface area contributed by atoms with Crippen LogP contribution in [0.2, 0.25) is 0 Å². The standard InChI is InChI=1S/C22H21FN2O2/c1-14-6-4-9-19(21(14)23)18-8-5-7-15-12-16(10-11-17(15)18)22(27)24-13-20(26)25(2)3/h4-12H,13H2,1-3H3,(H,24,27). The van der Waals surface area contributed by atoms with Crippen molar-refractivity contribution in [3.8, 4) is 11.1 Å². The number of carbonyl (C=O) groups is 2. The molecule has 0 spiro atoms. The molecule has 2 amide bonds. The van der Waals surface area contributed by atoms with Crippen LogP contribution in [0.5, 0.6) is 0 Å². The van der Waals surface area contributed by atoms with Gasteiger partial charge in [0.05, 0.1) is 6.54 Å². The molecule has 0 aliphatic heterocycles. The lowest BCUT2D eigenvalue weighted by Gasteiger charge is -2.12. The van der Waals surface area contributed by atoms with Crippen LogP contribution in [0.25, 0.3) is 21.9 Å². The van der Waals surface area contributed by atoms with E-state index in [1.807, 2.05) is 30.3 Å². The molecule has 0 heterocycles. The second-order valence-corrected chi connectivity index (χ2v) is 6.65. The van der Waals surface area contributed by atoms with Crippen LogP contribution in [0.4, 0.5) is 4.39 Å². The Morgan fingerprint density at radius 1 is 1.00 bits per heavy atom. The number of fused-ring (bicyclic) bond motifs is 1. The van der Waals surface area contributed by atoms with E-state index in [4.69, 9.17) is 0 Å². The molecule has 0 bridgehead atoms. The van der Waals surface area contributed by atoms with Gasteiger partial charge < -0.3 is 10.2 Å². The summed E-state index contributed by atoms with van der Waals surface area (Å²) < 4.78 is 14.6. The van der Waals surface area contributed by atoms with Crippen molar-refractivity contribution in [2.24, 2.45) is 0 Å². The van der Waals surface area contributed by atoms with Crippen molar-refractivity contribution < 1.29 is 14.0 Å². The molecule has 4 nitrogen and oxygen atoms in total. The number of likely N-dealkylation sites (N-methyl/N-ethyl adjacent to an activating group) is 1. The van der Waals surface area contributed by atoms with Crippen molar-refractivity contribution in [2.45, 2.75) is 6.92 Å². The minimum absolute atomic E-state index is 0.0571. The van der Waals surface area contributed by atoms with Gasteiger partial charge in [-0.2, -0.15) is 0 Å². The van der Waals surface area contributed by atoms with Gasteiger partial charge in [0.2, 0.25) is 5.91 Å². The van der Waals surface area contributed by atoms with Gasteiger partial charge in [-0.1, -0.05) is 42.5 Å². The SMILES string of the molecule is Cc1cccc(-c2cccc3cc(C(=O)NCC(=O)N(C)C)ccc23)c1F. The van der Waals surface area contributed by atoms with Crippen LogP contribution in [0, 0.1) is 12.7 Å². The van der Waals surface area contributed by atoms with E-state index in [1.54, 1.807) is 45.3 Å². The molecule has 0 unspecified atom stereocenters. The monoisotopic (exact) mass is 364 g/mol. The molecule has 27 heavy (non-hydrogen) atoms. The predicted molar refractivity (Wildman–Crippen MR) is 105 cm³/mol. The van der Waals surface area contributed by atoms with Gasteiger partial charge in [-0.3, -0.25) is 9.59 Å². The van der Waals surface area contributed by atoms with Crippen molar-refractivity contribution in [1.82, 2.24) is 10.2 Å². The first kappa shape index (κ1) is 18.6. The van der Waals surface area contributed by atoms with Crippen molar-refractivity contribution in [1.29, 1.82) is 0 Å². The lowest BCUT2D eigenvalue weighted by atomic mass is 9.95. The number of amides is 2. The van der Waals surface area contributed by atoms with E-state index in [0.29, 0.717) is 16.7 Å². The normalized spacial score (nSPS) is 10.7. The van der Waals surface area contributed by atoms with Crippen molar-refractivity contribution >= 4 is 22.6 Å². The first-order chi connectivity index (χ1) is 12.9. The molecule has 0 fully saturated rings. The predicted octanol–water partition coefficient (Wildman–Crippen LogP) is 3.77. The minimum atomic E-state index is -0.320. The van der Waals surface area contributed by atoms with E-state index in [1.165, 1.54) is 4.90 Å². The molecule has 0 radical (unpaired) electrons. The molecule has 0 atom stereocenters. The Morgan fingerprint density at radius 3 is 2.44 bits per heavy atom. The van der Waals surface area contributed by atoms with Crippen LogP contribution in [0.3, 0.4) is 0 Å². The zero-order valence-corrected chi connectivity index (χ0v) is 15.5. The number of carbonyl (C=O) groups excluding carboxylic acids is 2. The number of aryl methyl sites for hydroxylation is 1. The number of rotatable bonds is 4. The fourth-order valence-corrected chi connectivity index (χ4v) is 2.93. The highest BCUT2D eigenvalue weighted by Gasteiger charge is 2.13. The Balaban J connectivity index is 1.95. The van der Waals surface area contributed by atoms with Crippen molar-refractivity contribution in [3.63, 3.8) is 0 Å².